The van der Waals surface area contributed by atoms with Crippen LogP contribution >= 0.6 is 22.6 Å². The minimum Gasteiger partial charge on any atom is -0.325 e. The van der Waals surface area contributed by atoms with Gasteiger partial charge >= 0.3 is 0 Å². The third-order valence-electron chi connectivity index (χ3n) is 9.49. The van der Waals surface area contributed by atoms with Gasteiger partial charge in [0.05, 0.1) is 5.69 Å². The highest BCUT2D eigenvalue weighted by Crippen LogP contribution is 2.66. The van der Waals surface area contributed by atoms with E-state index in [0.29, 0.717) is 29.5 Å². The first-order valence-corrected chi connectivity index (χ1v) is 12.7. The zero-order valence-electron chi connectivity index (χ0n) is 18.0. The number of allylic oxidation sites excluding steroid dienone is 2. The molecule has 1 N–H and O–H groups in total. The molecule has 1 aromatic rings. The third-order valence-corrected chi connectivity index (χ3v) is 10.4. The number of anilines is 1. The molecule has 0 aliphatic heterocycles. The third kappa shape index (κ3) is 3.11. The van der Waals surface area contributed by atoms with Gasteiger partial charge in [0.1, 0.15) is 0 Å². The van der Waals surface area contributed by atoms with Crippen LogP contribution in [0.15, 0.2) is 36.4 Å². The predicted octanol–water partition coefficient (Wildman–Crippen LogP) is 6.23. The molecule has 0 heterocycles. The van der Waals surface area contributed by atoms with Crippen molar-refractivity contribution in [3.05, 3.63) is 40.0 Å². The normalized spacial score (nSPS) is 42.2. The van der Waals surface area contributed by atoms with Gasteiger partial charge in [-0.05, 0) is 114 Å². The zero-order valence-corrected chi connectivity index (χ0v) is 20.2. The predicted molar refractivity (Wildman–Crippen MR) is 128 cm³/mol. The summed E-state index contributed by atoms with van der Waals surface area (Å²) in [5.41, 5.74) is 1.20. The second-order valence-electron chi connectivity index (χ2n) is 10.7. The first-order valence-electron chi connectivity index (χ1n) is 11.6. The van der Waals surface area contributed by atoms with Crippen LogP contribution in [0.3, 0.4) is 0 Å². The van der Waals surface area contributed by atoms with Crippen LogP contribution in [0.2, 0.25) is 0 Å². The number of carbonyl (C=O) groups excluding carboxylic acids is 2. The van der Waals surface area contributed by atoms with Crippen LogP contribution in [0, 0.1) is 44.0 Å². The van der Waals surface area contributed by atoms with Gasteiger partial charge in [0, 0.05) is 15.9 Å². The molecule has 1 aromatic carbocycles. The van der Waals surface area contributed by atoms with E-state index in [4.69, 9.17) is 0 Å². The van der Waals surface area contributed by atoms with Crippen LogP contribution in [0.5, 0.6) is 0 Å². The highest BCUT2D eigenvalue weighted by molar-refractivity contribution is 14.1. The van der Waals surface area contributed by atoms with Crippen molar-refractivity contribution in [1.29, 1.82) is 0 Å². The summed E-state index contributed by atoms with van der Waals surface area (Å²) < 4.78 is 1.09. The lowest BCUT2D eigenvalue weighted by molar-refractivity contribution is -0.130. The molecule has 1 amide bonds. The second kappa shape index (κ2) is 7.46. The van der Waals surface area contributed by atoms with Crippen LogP contribution in [0.25, 0.3) is 0 Å². The van der Waals surface area contributed by atoms with E-state index in [-0.39, 0.29) is 22.7 Å². The Morgan fingerprint density at radius 3 is 2.67 bits per heavy atom. The average molecular weight is 517 g/mol. The smallest absolute Gasteiger partial charge is 0.228 e. The quantitative estimate of drug-likeness (QED) is 0.473. The Labute approximate surface area is 193 Å². The molecule has 0 radical (unpaired) electrons. The van der Waals surface area contributed by atoms with E-state index in [2.05, 4.69) is 47.8 Å². The van der Waals surface area contributed by atoms with Crippen molar-refractivity contribution in [1.82, 2.24) is 0 Å². The number of rotatable bonds is 2. The van der Waals surface area contributed by atoms with Crippen molar-refractivity contribution in [3.8, 4) is 0 Å². The maximum absolute atomic E-state index is 13.4. The largest absolute Gasteiger partial charge is 0.325 e. The van der Waals surface area contributed by atoms with Crippen molar-refractivity contribution in [2.24, 2.45) is 40.4 Å². The molecule has 3 fully saturated rings. The zero-order chi connectivity index (χ0) is 21.1. The lowest BCUT2D eigenvalue weighted by atomic mass is 9.46. The molecular formula is C26H32INO2. The van der Waals surface area contributed by atoms with Gasteiger partial charge in [-0.3, -0.25) is 9.59 Å². The minimum atomic E-state index is 0.100. The lowest BCUT2D eigenvalue weighted by Gasteiger charge is -2.58. The molecule has 0 spiro atoms. The summed E-state index contributed by atoms with van der Waals surface area (Å²) in [4.78, 5) is 25.4. The fraction of sp³-hybridized carbons (Fsp3) is 0.615. The highest BCUT2D eigenvalue weighted by atomic mass is 127. The van der Waals surface area contributed by atoms with Crippen LogP contribution in [-0.2, 0) is 9.59 Å². The van der Waals surface area contributed by atoms with Gasteiger partial charge < -0.3 is 5.32 Å². The summed E-state index contributed by atoms with van der Waals surface area (Å²) >= 11 is 2.30. The van der Waals surface area contributed by atoms with Crippen molar-refractivity contribution >= 4 is 40.0 Å². The van der Waals surface area contributed by atoms with Crippen LogP contribution in [0.4, 0.5) is 5.69 Å². The fourth-order valence-electron chi connectivity index (χ4n) is 7.85. The van der Waals surface area contributed by atoms with Crippen LogP contribution in [0.1, 0.15) is 58.8 Å². The molecule has 1 unspecified atom stereocenters. The summed E-state index contributed by atoms with van der Waals surface area (Å²) in [6.07, 6.45) is 11.8. The second-order valence-corrected chi connectivity index (χ2v) is 11.8. The molecule has 0 bridgehead atoms. The summed E-state index contributed by atoms with van der Waals surface area (Å²) in [5, 5.41) is 3.24. The molecule has 3 nitrogen and oxygen atoms in total. The minimum absolute atomic E-state index is 0.100. The van der Waals surface area contributed by atoms with Gasteiger partial charge in [-0.15, -0.1) is 0 Å². The fourth-order valence-corrected chi connectivity index (χ4v) is 8.37. The van der Waals surface area contributed by atoms with Crippen molar-refractivity contribution in [3.63, 3.8) is 0 Å². The van der Waals surface area contributed by atoms with Crippen molar-refractivity contribution < 1.29 is 9.59 Å². The molecule has 3 saturated carbocycles. The Morgan fingerprint density at radius 2 is 1.87 bits per heavy atom. The van der Waals surface area contributed by atoms with Gasteiger partial charge in [0.2, 0.25) is 5.91 Å². The van der Waals surface area contributed by atoms with Gasteiger partial charge in [-0.25, -0.2) is 0 Å². The maximum atomic E-state index is 13.4. The molecule has 0 saturated heterocycles. The number of nitrogens with one attached hydrogen (secondary N) is 1. The summed E-state index contributed by atoms with van der Waals surface area (Å²) in [7, 11) is 0. The van der Waals surface area contributed by atoms with Gasteiger partial charge in [0.25, 0.3) is 0 Å². The van der Waals surface area contributed by atoms with E-state index in [1.54, 1.807) is 0 Å². The number of carbonyl (C=O) groups is 2. The van der Waals surface area contributed by atoms with Gasteiger partial charge in [-0.2, -0.15) is 0 Å². The van der Waals surface area contributed by atoms with Gasteiger partial charge in [0.15, 0.2) is 5.78 Å². The molecule has 160 valence electrons. The maximum Gasteiger partial charge on any atom is 0.228 e. The number of hydrogen-bond acceptors (Lipinski definition) is 2. The first kappa shape index (κ1) is 20.7. The number of fused-ring (bicyclic) bond motifs is 5. The number of hydrogen-bond donors (Lipinski definition) is 1. The summed E-state index contributed by atoms with van der Waals surface area (Å²) in [5.74, 6) is 3.13. The topological polar surface area (TPSA) is 46.2 Å². The number of para-hydroxylation sites is 1. The van der Waals surface area contributed by atoms with Crippen molar-refractivity contribution in [2.45, 2.75) is 58.8 Å². The Bertz CT molecular complexity index is 910. The first-order chi connectivity index (χ1) is 14.3. The average Bonchev–Trinajstić information content (AvgIpc) is 3.07. The van der Waals surface area contributed by atoms with E-state index in [1.807, 2.05) is 30.3 Å². The van der Waals surface area contributed by atoms with E-state index >= 15 is 0 Å². The Morgan fingerprint density at radius 1 is 1.07 bits per heavy atom. The number of halogens is 1. The van der Waals surface area contributed by atoms with E-state index in [0.717, 1.165) is 28.5 Å². The van der Waals surface area contributed by atoms with Crippen molar-refractivity contribution in [2.75, 3.05) is 5.32 Å². The molecular weight excluding hydrogens is 485 g/mol. The van der Waals surface area contributed by atoms with Crippen LogP contribution < -0.4 is 5.32 Å². The monoisotopic (exact) mass is 517 g/mol. The highest BCUT2D eigenvalue weighted by Gasteiger charge is 2.60. The molecule has 4 aliphatic rings. The summed E-state index contributed by atoms with van der Waals surface area (Å²) in [6.45, 7) is 4.81. The Balaban J connectivity index is 1.38. The van der Waals surface area contributed by atoms with Crippen LogP contribution in [-0.4, -0.2) is 11.7 Å². The molecule has 0 aromatic heterocycles. The Kier molecular flexibility index (Phi) is 5.15. The summed E-state index contributed by atoms with van der Waals surface area (Å²) in [6, 6.07) is 8.05. The molecule has 30 heavy (non-hydrogen) atoms. The molecule has 4 aliphatic carbocycles. The van der Waals surface area contributed by atoms with E-state index < -0.39 is 0 Å². The van der Waals surface area contributed by atoms with E-state index in [9.17, 15) is 9.59 Å². The standard InChI is InChI=1S/C26H32INO2/c1-25-13-11-17(29)15-16(25)7-8-18-19-9-10-21(26(19,2)14-12-20(18)25)24(30)28-23-6-4-3-5-22(23)27/h3-6,11,13,16,18-21H,7-10,12,14-15H2,1-2H3,(H,28,30)/t16?,18-,19-,20-,21+,25-,26-/m0/s1. The molecule has 4 heteroatoms. The molecule has 5 rings (SSSR count). The SMILES string of the molecule is C[C@]12CC[C@H]3[C@@H](CCC4CC(=O)C=C[C@@]43C)[C@@H]1CC[C@@H]2C(=O)Nc1ccccc1I. The van der Waals surface area contributed by atoms with E-state index in [1.165, 1.54) is 25.7 Å². The van der Waals surface area contributed by atoms with Gasteiger partial charge in [-0.1, -0.05) is 32.1 Å². The number of benzene rings is 1. The lowest BCUT2D eigenvalue weighted by Crippen LogP contribution is -2.53. The Hall–Kier alpha value is -1.17. The molecule has 7 atom stereocenters. The number of amides is 1. The number of ketones is 1.